The summed E-state index contributed by atoms with van der Waals surface area (Å²) in [4.78, 5) is 93.6. The number of nitrogens with zero attached hydrogens (tertiary/aromatic N) is 7. The highest BCUT2D eigenvalue weighted by Crippen LogP contribution is 2.32. The lowest BCUT2D eigenvalue weighted by Crippen LogP contribution is -2.57. The van der Waals surface area contributed by atoms with E-state index in [1.165, 1.54) is 6.07 Å². The van der Waals surface area contributed by atoms with E-state index in [2.05, 4.69) is 25.3 Å². The third-order valence-corrected chi connectivity index (χ3v) is 17.7. The second kappa shape index (κ2) is 27.9. The molecule has 19 heteroatoms. The van der Waals surface area contributed by atoms with Crippen LogP contribution in [-0.4, -0.2) is 187 Å². The Bertz CT molecular complexity index is 3150. The molecule has 5 amide bonds. The van der Waals surface area contributed by atoms with Gasteiger partial charge in [-0.15, -0.1) is 0 Å². The first-order valence-electron chi connectivity index (χ1n) is 30.0. The molecule has 1 aromatic heterocycles. The van der Waals surface area contributed by atoms with Gasteiger partial charge in [0.25, 0.3) is 17.4 Å². The number of hydrogen-bond acceptors (Lipinski definition) is 12. The number of ether oxygens (including phenoxy) is 3. The minimum Gasteiger partial charge on any atom is -0.497 e. The molecule has 1 unspecified atom stereocenters. The third kappa shape index (κ3) is 14.8. The van der Waals surface area contributed by atoms with Gasteiger partial charge in [0.15, 0.2) is 0 Å². The molecule has 4 aliphatic heterocycles. The maximum Gasteiger partial charge on any atom is 0.272 e. The van der Waals surface area contributed by atoms with Gasteiger partial charge in [0.05, 0.1) is 43.5 Å². The topological polar surface area (TPSA) is 190 Å². The maximum absolute atomic E-state index is 15.2. The number of halogens is 1. The average molecular weight is 1140 g/mol. The van der Waals surface area contributed by atoms with Gasteiger partial charge in [0.1, 0.15) is 30.0 Å². The lowest BCUT2D eigenvalue weighted by Gasteiger charge is -2.41. The molecule has 5 fully saturated rings. The van der Waals surface area contributed by atoms with Gasteiger partial charge < -0.3 is 39.1 Å². The van der Waals surface area contributed by atoms with Crippen LogP contribution in [0, 0.1) is 17.7 Å². The van der Waals surface area contributed by atoms with E-state index in [0.717, 1.165) is 102 Å². The van der Waals surface area contributed by atoms with Crippen molar-refractivity contribution in [1.29, 1.82) is 0 Å². The molecule has 2 atom stereocenters. The van der Waals surface area contributed by atoms with E-state index in [1.54, 1.807) is 41.2 Å². The molecule has 0 bridgehead atoms. The van der Waals surface area contributed by atoms with Crippen LogP contribution < -0.4 is 20.3 Å². The van der Waals surface area contributed by atoms with Crippen molar-refractivity contribution < 1.29 is 42.6 Å². The number of likely N-dealkylation sites (tertiary alicyclic amines) is 2. The van der Waals surface area contributed by atoms with Crippen molar-refractivity contribution in [2.45, 2.75) is 89.7 Å². The van der Waals surface area contributed by atoms with Crippen molar-refractivity contribution in [2.75, 3.05) is 112 Å². The maximum atomic E-state index is 15.2. The average Bonchev–Trinajstić information content (AvgIpc) is 3.61. The summed E-state index contributed by atoms with van der Waals surface area (Å²) in [7, 11) is 1.61. The molecule has 5 aromatic rings. The number of methoxy groups -OCH3 is 1. The molecular weight excluding hydrogens is 1060 g/mol. The van der Waals surface area contributed by atoms with Crippen LogP contribution in [0.2, 0.25) is 0 Å². The van der Waals surface area contributed by atoms with Gasteiger partial charge in [0.2, 0.25) is 17.7 Å². The predicted octanol–water partition coefficient (Wildman–Crippen LogP) is 6.50. The zero-order valence-electron chi connectivity index (χ0n) is 48.2. The number of H-pyrrole nitrogens is 1. The second-order valence-corrected chi connectivity index (χ2v) is 23.1. The Morgan fingerprint density at radius 2 is 1.47 bits per heavy atom. The number of amides is 5. The molecule has 5 aliphatic rings. The van der Waals surface area contributed by atoms with Gasteiger partial charge >= 0.3 is 0 Å². The summed E-state index contributed by atoms with van der Waals surface area (Å²) in [6, 6.07) is 24.3. The van der Waals surface area contributed by atoms with E-state index in [-0.39, 0.29) is 59.8 Å². The van der Waals surface area contributed by atoms with Crippen molar-refractivity contribution in [3.05, 3.63) is 135 Å². The summed E-state index contributed by atoms with van der Waals surface area (Å²) in [5, 5.41) is 11.2. The Balaban J connectivity index is 0.650. The fourth-order valence-corrected chi connectivity index (χ4v) is 12.9. The first-order valence-corrected chi connectivity index (χ1v) is 30.0. The Morgan fingerprint density at radius 3 is 2.23 bits per heavy atom. The van der Waals surface area contributed by atoms with Gasteiger partial charge in [-0.25, -0.2) is 9.49 Å². The molecule has 10 rings (SSSR count). The van der Waals surface area contributed by atoms with E-state index in [9.17, 15) is 28.8 Å². The number of fused-ring (bicyclic) bond motifs is 1. The summed E-state index contributed by atoms with van der Waals surface area (Å²) in [6.07, 6.45) is 9.00. The molecule has 0 radical (unpaired) electrons. The molecule has 1 aliphatic carbocycles. The first kappa shape index (κ1) is 59.0. The lowest BCUT2D eigenvalue weighted by molar-refractivity contribution is -0.138. The molecule has 2 N–H and O–H groups in total. The van der Waals surface area contributed by atoms with Crippen LogP contribution in [0.15, 0.2) is 89.7 Å². The normalized spacial score (nSPS) is 19.1. The number of nitrogens with one attached hydrogen (secondary N) is 2. The molecule has 83 heavy (non-hydrogen) atoms. The van der Waals surface area contributed by atoms with Crippen LogP contribution in [0.4, 0.5) is 4.39 Å². The van der Waals surface area contributed by atoms with Crippen LogP contribution in [-0.2, 0) is 32.1 Å². The van der Waals surface area contributed by atoms with Crippen molar-refractivity contribution in [2.24, 2.45) is 11.8 Å². The fourth-order valence-electron chi connectivity index (χ4n) is 12.9. The van der Waals surface area contributed by atoms with Gasteiger partial charge in [0, 0.05) is 107 Å². The van der Waals surface area contributed by atoms with E-state index < -0.39 is 17.8 Å². The predicted molar refractivity (Wildman–Crippen MR) is 313 cm³/mol. The number of piperidine rings is 2. The van der Waals surface area contributed by atoms with Crippen molar-refractivity contribution in [3.63, 3.8) is 0 Å². The molecule has 1 saturated carbocycles. The van der Waals surface area contributed by atoms with Crippen LogP contribution in [0.5, 0.6) is 11.5 Å². The Kier molecular flexibility index (Phi) is 19.8. The number of carbonyl (C=O) groups excluding carboxylic acids is 5. The lowest BCUT2D eigenvalue weighted by atomic mass is 9.83. The van der Waals surface area contributed by atoms with Crippen LogP contribution >= 0.6 is 0 Å². The van der Waals surface area contributed by atoms with E-state index in [0.29, 0.717) is 117 Å². The molecule has 5 heterocycles. The summed E-state index contributed by atoms with van der Waals surface area (Å²) in [6.45, 7) is 10.8. The minimum absolute atomic E-state index is 0.00286. The van der Waals surface area contributed by atoms with E-state index >= 15 is 4.39 Å². The Morgan fingerprint density at radius 1 is 0.723 bits per heavy atom. The largest absolute Gasteiger partial charge is 0.497 e. The summed E-state index contributed by atoms with van der Waals surface area (Å²) in [5.74, 6) is 0.655. The molecule has 4 saturated heterocycles. The highest BCUT2D eigenvalue weighted by molar-refractivity contribution is 5.98. The standard InChI is InChI=1S/C64H80FN9O9/c1-3-83-57-38-51(81-2)20-19-50(57)42-82-43-59(76)74-24-10-15-49(40-74)47-13-9-14-48(37-47)61(77)66-60(46-11-5-4-6-12-46)64(80)73-29-27-70(28-30-73)39-44-22-25-69(26-23-44)41-58(75)71-31-33-72(34-32-71)63(79)54-35-45(18-21-55(54)65)36-56-52-16-7-8-17-53(52)62(78)68-67-56/h7-9,13-14,16-21,35,37-38,44,46,49,60H,3-6,10-12,15,22-34,36,39-43H2,1-2H3,(H,66,77)(H,68,78)/t49?,60-/m1/s1. The quantitative estimate of drug-likeness (QED) is 0.0915. The molecular formula is C64H80FN9O9. The van der Waals surface area contributed by atoms with Gasteiger partial charge in [-0.05, 0) is 124 Å². The van der Waals surface area contributed by atoms with Crippen LogP contribution in [0.3, 0.4) is 0 Å². The van der Waals surface area contributed by atoms with Gasteiger partial charge in [-0.3, -0.25) is 38.6 Å². The van der Waals surface area contributed by atoms with Gasteiger partial charge in [-0.1, -0.05) is 55.7 Å². The Hall–Kier alpha value is -7.22. The number of piperazine rings is 2. The zero-order chi connectivity index (χ0) is 57.8. The third-order valence-electron chi connectivity index (χ3n) is 17.7. The number of aromatic amines is 1. The molecule has 4 aromatic carbocycles. The van der Waals surface area contributed by atoms with Crippen molar-refractivity contribution in [1.82, 2.24) is 44.9 Å². The van der Waals surface area contributed by atoms with E-state index in [1.807, 2.05) is 71.3 Å². The van der Waals surface area contributed by atoms with Crippen molar-refractivity contribution >= 4 is 40.3 Å². The van der Waals surface area contributed by atoms with Crippen molar-refractivity contribution in [3.8, 4) is 11.5 Å². The second-order valence-electron chi connectivity index (χ2n) is 23.1. The number of carbonyl (C=O) groups is 5. The van der Waals surface area contributed by atoms with Gasteiger partial charge in [-0.2, -0.15) is 5.10 Å². The highest BCUT2D eigenvalue weighted by atomic mass is 19.1. The van der Waals surface area contributed by atoms with Crippen LogP contribution in [0.1, 0.15) is 114 Å². The highest BCUT2D eigenvalue weighted by Gasteiger charge is 2.37. The SMILES string of the molecule is CCOc1cc(OC)ccc1COCC(=O)N1CCCC(c2cccc(C(=O)N[C@@H](C(=O)N3CCN(CC4CCN(CC(=O)N5CCN(C(=O)c6cc(Cc7n[nH]c(=O)c8ccccc78)ccc6F)CC5)CC4)CC3)C3CCCCC3)c2)C1. The number of aromatic nitrogens is 2. The smallest absolute Gasteiger partial charge is 0.272 e. The molecule has 0 spiro atoms. The number of benzene rings is 4. The minimum atomic E-state index is -0.610. The monoisotopic (exact) mass is 1140 g/mol. The number of rotatable bonds is 19. The molecule has 18 nitrogen and oxygen atoms in total. The fraction of sp³-hybridized carbons (Fsp3) is 0.516. The summed E-state index contributed by atoms with van der Waals surface area (Å²) in [5.41, 5.74) is 3.36. The summed E-state index contributed by atoms with van der Waals surface area (Å²) >= 11 is 0. The summed E-state index contributed by atoms with van der Waals surface area (Å²) < 4.78 is 32.2. The van der Waals surface area contributed by atoms with E-state index in [4.69, 9.17) is 14.2 Å². The molecule has 442 valence electrons. The Labute approximate surface area is 485 Å². The zero-order valence-corrected chi connectivity index (χ0v) is 48.2. The first-order chi connectivity index (χ1) is 40.4. The number of hydrogen-bond donors (Lipinski definition) is 2. The van der Waals surface area contributed by atoms with Crippen LogP contribution in [0.25, 0.3) is 10.8 Å².